The summed E-state index contributed by atoms with van der Waals surface area (Å²) in [6.45, 7) is 4.98. The van der Waals surface area contributed by atoms with E-state index in [1.54, 1.807) is 32.0 Å². The number of nitrogens with one attached hydrogen (secondary N) is 1. The maximum Gasteiger partial charge on any atom is 0.240 e. The van der Waals surface area contributed by atoms with E-state index in [4.69, 9.17) is 4.74 Å². The molecule has 0 saturated carbocycles. The van der Waals surface area contributed by atoms with Gasteiger partial charge in [0.1, 0.15) is 5.82 Å². The molecule has 180 valence electrons. The summed E-state index contributed by atoms with van der Waals surface area (Å²) in [5, 5.41) is 0. The zero-order chi connectivity index (χ0) is 23.8. The maximum atomic E-state index is 15.8. The number of fused-ring (bicyclic) bond motifs is 2. The molecule has 0 atom stereocenters. The van der Waals surface area contributed by atoms with Crippen molar-refractivity contribution in [2.24, 2.45) is 5.92 Å². The standard InChI is InChI=1S/C24H30FNO5S2/c1-16(2)23-22(33(29,30)26-12-9-17-10-13-31-14-11-17)15-21-19(24(23)25)8-7-18-5-3-4-6-20(18)32(21,27)28/h3-6,15-17,26H,7-14H2,1-2H3. The van der Waals surface area contributed by atoms with Crippen molar-refractivity contribution in [3.05, 3.63) is 52.8 Å². The molecule has 0 radical (unpaired) electrons. The topological polar surface area (TPSA) is 89.5 Å². The smallest absolute Gasteiger partial charge is 0.240 e. The Bertz CT molecular complexity index is 1250. The average molecular weight is 496 g/mol. The van der Waals surface area contributed by atoms with Gasteiger partial charge in [0.15, 0.2) is 0 Å². The SMILES string of the molecule is CC(C)c1c(S(=O)(=O)NCCC2CCOCC2)cc2c(c1F)CCc1ccccc1S2(=O)=O. The van der Waals surface area contributed by atoms with Crippen molar-refractivity contribution >= 4 is 19.9 Å². The van der Waals surface area contributed by atoms with Crippen molar-refractivity contribution < 1.29 is 26.0 Å². The van der Waals surface area contributed by atoms with Crippen LogP contribution in [0.2, 0.25) is 0 Å². The van der Waals surface area contributed by atoms with Crippen molar-refractivity contribution in [1.29, 1.82) is 0 Å². The molecule has 2 aromatic carbocycles. The minimum atomic E-state index is -4.12. The summed E-state index contributed by atoms with van der Waals surface area (Å²) in [4.78, 5) is -0.431. The first-order valence-corrected chi connectivity index (χ1v) is 14.3. The molecule has 1 saturated heterocycles. The average Bonchev–Trinajstić information content (AvgIpc) is 2.89. The van der Waals surface area contributed by atoms with Crippen molar-refractivity contribution in [2.45, 2.75) is 66.6 Å². The van der Waals surface area contributed by atoms with Gasteiger partial charge in [-0.3, -0.25) is 0 Å². The molecule has 2 heterocycles. The van der Waals surface area contributed by atoms with Crippen LogP contribution in [0, 0.1) is 11.7 Å². The first-order valence-electron chi connectivity index (χ1n) is 11.4. The van der Waals surface area contributed by atoms with Crippen LogP contribution in [0.3, 0.4) is 0 Å². The van der Waals surface area contributed by atoms with Crippen LogP contribution in [-0.4, -0.2) is 36.6 Å². The number of aryl methyl sites for hydroxylation is 1. The second kappa shape index (κ2) is 9.44. The highest BCUT2D eigenvalue weighted by atomic mass is 32.2. The van der Waals surface area contributed by atoms with Gasteiger partial charge in [0.05, 0.1) is 14.7 Å². The second-order valence-corrected chi connectivity index (χ2v) is 12.7. The van der Waals surface area contributed by atoms with Gasteiger partial charge in [-0.25, -0.2) is 25.9 Å². The lowest BCUT2D eigenvalue weighted by Gasteiger charge is -2.23. The lowest BCUT2D eigenvalue weighted by molar-refractivity contribution is 0.0644. The third-order valence-corrected chi connectivity index (χ3v) is 10.00. The van der Waals surface area contributed by atoms with Crippen LogP contribution in [0.5, 0.6) is 0 Å². The van der Waals surface area contributed by atoms with E-state index < -0.39 is 31.6 Å². The van der Waals surface area contributed by atoms with E-state index in [1.807, 2.05) is 0 Å². The summed E-state index contributed by atoms with van der Waals surface area (Å²) in [5.74, 6) is -0.805. The van der Waals surface area contributed by atoms with Crippen LogP contribution in [-0.2, 0) is 37.4 Å². The Labute approximate surface area is 195 Å². The predicted molar refractivity (Wildman–Crippen MR) is 123 cm³/mol. The molecule has 0 spiro atoms. The Balaban J connectivity index is 1.76. The lowest BCUT2D eigenvalue weighted by atomic mass is 9.96. The van der Waals surface area contributed by atoms with Gasteiger partial charge in [0, 0.05) is 30.9 Å². The highest BCUT2D eigenvalue weighted by Gasteiger charge is 2.35. The molecule has 1 fully saturated rings. The third kappa shape index (κ3) is 4.73. The Kier molecular flexibility index (Phi) is 6.96. The highest BCUT2D eigenvalue weighted by molar-refractivity contribution is 7.92. The molecule has 0 amide bonds. The molecule has 0 bridgehead atoms. The summed E-state index contributed by atoms with van der Waals surface area (Å²) in [6, 6.07) is 7.75. The highest BCUT2D eigenvalue weighted by Crippen LogP contribution is 2.39. The van der Waals surface area contributed by atoms with E-state index >= 15 is 4.39 Å². The van der Waals surface area contributed by atoms with Crippen LogP contribution in [0.25, 0.3) is 0 Å². The van der Waals surface area contributed by atoms with Crippen molar-refractivity contribution in [1.82, 2.24) is 4.72 Å². The van der Waals surface area contributed by atoms with Crippen LogP contribution in [0.4, 0.5) is 4.39 Å². The Morgan fingerprint density at radius 1 is 1.12 bits per heavy atom. The van der Waals surface area contributed by atoms with E-state index in [0.29, 0.717) is 37.5 Å². The molecule has 9 heteroatoms. The van der Waals surface area contributed by atoms with E-state index in [2.05, 4.69) is 4.72 Å². The molecule has 2 aliphatic heterocycles. The summed E-state index contributed by atoms with van der Waals surface area (Å²) in [7, 11) is -8.19. The summed E-state index contributed by atoms with van der Waals surface area (Å²) >= 11 is 0. The fourth-order valence-electron chi connectivity index (χ4n) is 4.76. The van der Waals surface area contributed by atoms with Crippen molar-refractivity contribution in [3.63, 3.8) is 0 Å². The monoisotopic (exact) mass is 495 g/mol. The normalized spacial score (nSPS) is 18.5. The van der Waals surface area contributed by atoms with Gasteiger partial charge in [-0.1, -0.05) is 32.0 Å². The maximum absolute atomic E-state index is 15.8. The van der Waals surface area contributed by atoms with Crippen molar-refractivity contribution in [3.8, 4) is 0 Å². The fourth-order valence-corrected chi connectivity index (χ4v) is 8.06. The summed E-state index contributed by atoms with van der Waals surface area (Å²) in [6.07, 6.45) is 2.97. The van der Waals surface area contributed by atoms with Crippen molar-refractivity contribution in [2.75, 3.05) is 19.8 Å². The molecule has 0 aromatic heterocycles. The zero-order valence-electron chi connectivity index (χ0n) is 18.9. The van der Waals surface area contributed by atoms with Crippen LogP contribution < -0.4 is 4.72 Å². The Morgan fingerprint density at radius 2 is 1.82 bits per heavy atom. The van der Waals surface area contributed by atoms with Crippen LogP contribution in [0.1, 0.15) is 55.7 Å². The minimum Gasteiger partial charge on any atom is -0.381 e. The molecule has 0 aliphatic carbocycles. The number of sulfonamides is 1. The van der Waals surface area contributed by atoms with Gasteiger partial charge >= 0.3 is 0 Å². The number of halogens is 1. The Morgan fingerprint density at radius 3 is 2.52 bits per heavy atom. The molecule has 4 rings (SSSR count). The summed E-state index contributed by atoms with van der Waals surface area (Å²) < 4.78 is 77.2. The van der Waals surface area contributed by atoms with Gasteiger partial charge in [0.2, 0.25) is 19.9 Å². The number of rotatable bonds is 6. The van der Waals surface area contributed by atoms with Gasteiger partial charge in [-0.05, 0) is 61.6 Å². The van der Waals surface area contributed by atoms with E-state index in [-0.39, 0.29) is 38.8 Å². The van der Waals surface area contributed by atoms with Crippen LogP contribution in [0.15, 0.2) is 45.0 Å². The van der Waals surface area contributed by atoms with Gasteiger partial charge < -0.3 is 4.74 Å². The quantitative estimate of drug-likeness (QED) is 0.655. The van der Waals surface area contributed by atoms with E-state index in [0.717, 1.165) is 12.8 Å². The van der Waals surface area contributed by atoms with Crippen LogP contribution >= 0.6 is 0 Å². The number of ether oxygens (including phenoxy) is 1. The largest absolute Gasteiger partial charge is 0.381 e. The number of hydrogen-bond donors (Lipinski definition) is 1. The Hall–Kier alpha value is -1.81. The molecule has 1 N–H and O–H groups in total. The van der Waals surface area contributed by atoms with Gasteiger partial charge in [-0.15, -0.1) is 0 Å². The molecular formula is C24H30FNO5S2. The minimum absolute atomic E-state index is 0.0356. The predicted octanol–water partition coefficient (Wildman–Crippen LogP) is 3.98. The number of sulfone groups is 1. The molecular weight excluding hydrogens is 465 g/mol. The zero-order valence-corrected chi connectivity index (χ0v) is 20.6. The third-order valence-electron chi connectivity index (χ3n) is 6.57. The second-order valence-electron chi connectivity index (χ2n) is 9.09. The lowest BCUT2D eigenvalue weighted by Crippen LogP contribution is -2.29. The summed E-state index contributed by atoms with van der Waals surface area (Å²) in [5.41, 5.74) is 0.711. The number of hydrogen-bond acceptors (Lipinski definition) is 5. The van der Waals surface area contributed by atoms with Gasteiger partial charge in [0.25, 0.3) is 0 Å². The molecule has 33 heavy (non-hydrogen) atoms. The number of benzene rings is 2. The first kappa shape index (κ1) is 24.3. The van der Waals surface area contributed by atoms with E-state index in [9.17, 15) is 16.8 Å². The molecule has 2 aliphatic rings. The fraction of sp³-hybridized carbons (Fsp3) is 0.500. The van der Waals surface area contributed by atoms with Gasteiger partial charge in [-0.2, -0.15) is 0 Å². The molecule has 2 aromatic rings. The molecule has 6 nitrogen and oxygen atoms in total. The van der Waals surface area contributed by atoms with E-state index in [1.165, 1.54) is 12.1 Å². The molecule has 0 unspecified atom stereocenters. The first-order chi connectivity index (χ1) is 15.6.